The van der Waals surface area contributed by atoms with E-state index in [-0.39, 0.29) is 12.5 Å². The number of nitrogens with zero attached hydrogens (tertiary/aromatic N) is 4. The fourth-order valence-electron chi connectivity index (χ4n) is 4.21. The molecule has 2 aromatic rings. The molecule has 0 aromatic carbocycles. The number of piperidine rings is 1. The number of ether oxygens (including phenoxy) is 1. The maximum absolute atomic E-state index is 12.0. The van der Waals surface area contributed by atoms with Crippen LogP contribution in [0.3, 0.4) is 0 Å². The zero-order valence-electron chi connectivity index (χ0n) is 22.8. The van der Waals surface area contributed by atoms with Crippen LogP contribution in [0.2, 0.25) is 0 Å². The summed E-state index contributed by atoms with van der Waals surface area (Å²) in [6.45, 7) is 6.48. The highest BCUT2D eigenvalue weighted by Crippen LogP contribution is 2.21. The van der Waals surface area contributed by atoms with E-state index in [0.29, 0.717) is 24.2 Å². The number of rotatable bonds is 11. The number of aliphatic imine (C=N–C) groups is 1. The van der Waals surface area contributed by atoms with Crippen LogP contribution in [-0.4, -0.2) is 67.4 Å². The van der Waals surface area contributed by atoms with Crippen LogP contribution in [0.5, 0.6) is 0 Å². The van der Waals surface area contributed by atoms with Crippen molar-refractivity contribution in [3.63, 3.8) is 0 Å². The highest BCUT2D eigenvalue weighted by atomic mass is 16.5. The van der Waals surface area contributed by atoms with Gasteiger partial charge in [-0.05, 0) is 60.7 Å². The summed E-state index contributed by atoms with van der Waals surface area (Å²) in [7, 11) is 3.39. The molecule has 1 aliphatic heterocycles. The van der Waals surface area contributed by atoms with Crippen LogP contribution >= 0.6 is 0 Å². The molecule has 10 heteroatoms. The van der Waals surface area contributed by atoms with Gasteiger partial charge >= 0.3 is 0 Å². The second-order valence-electron chi connectivity index (χ2n) is 9.59. The number of carbonyl (C=O) groups excluding carboxylic acids is 1. The van der Waals surface area contributed by atoms with Gasteiger partial charge in [0.2, 0.25) is 5.91 Å². The Hall–Kier alpha value is -3.92. The van der Waals surface area contributed by atoms with Gasteiger partial charge in [0.05, 0.1) is 11.0 Å². The molecular weight excluding hydrogens is 480 g/mol. The second kappa shape index (κ2) is 14.1. The molecule has 0 aliphatic carbocycles. The monoisotopic (exact) mass is 520 g/mol. The molecule has 0 saturated carbocycles. The molecular formula is C28H40N8O2. The molecule has 38 heavy (non-hydrogen) atoms. The average Bonchev–Trinajstić information content (AvgIpc) is 2.93. The smallest absolute Gasteiger partial charge is 0.248 e. The number of allylic oxidation sites excluding steroid dienone is 3. The van der Waals surface area contributed by atoms with Crippen LogP contribution in [0.25, 0.3) is 16.6 Å². The fraction of sp³-hybridized carbons (Fsp3) is 0.429. The first-order chi connectivity index (χ1) is 18.4. The van der Waals surface area contributed by atoms with Crippen LogP contribution in [0.4, 0.5) is 5.82 Å². The van der Waals surface area contributed by atoms with Crippen LogP contribution < -0.4 is 22.1 Å². The number of hydrogen-bond donors (Lipinski definition) is 4. The van der Waals surface area contributed by atoms with E-state index in [2.05, 4.69) is 34.5 Å². The summed E-state index contributed by atoms with van der Waals surface area (Å²) >= 11 is 0. The van der Waals surface area contributed by atoms with E-state index in [1.54, 1.807) is 25.7 Å². The van der Waals surface area contributed by atoms with Gasteiger partial charge < -0.3 is 31.7 Å². The van der Waals surface area contributed by atoms with Crippen LogP contribution in [0.15, 0.2) is 59.3 Å². The number of anilines is 1. The largest absolute Gasteiger partial charge is 0.404 e. The number of pyridine rings is 2. The Kier molecular flexibility index (Phi) is 10.7. The van der Waals surface area contributed by atoms with Gasteiger partial charge in [-0.25, -0.2) is 4.98 Å². The average molecular weight is 521 g/mol. The van der Waals surface area contributed by atoms with Gasteiger partial charge in [-0.2, -0.15) is 0 Å². The first-order valence-electron chi connectivity index (χ1n) is 12.9. The molecule has 0 spiro atoms. The Morgan fingerprint density at radius 2 is 2.00 bits per heavy atom. The maximum atomic E-state index is 12.0. The standard InChI is InChI=1S/C28H40N8O2/c1-19(2)21(13-29)12-27(31-3)35-26-6-5-24-25(34-26)11-22(17-33-24)23(14-30)16-32-15-20-7-9-36(10-8-20)28(37)18-38-4/h5-6,11-14,16-17,19-20,31H,7-10,15,18,29-30H2,1-4H3,(H,34,35)/b21-13+,23-14?,27-12+,32-16?. The molecule has 2 aromatic heterocycles. The predicted octanol–water partition coefficient (Wildman–Crippen LogP) is 2.86. The van der Waals surface area contributed by atoms with Crippen molar-refractivity contribution in [3.05, 3.63) is 59.8 Å². The van der Waals surface area contributed by atoms with E-state index in [9.17, 15) is 4.79 Å². The van der Waals surface area contributed by atoms with E-state index in [4.69, 9.17) is 21.2 Å². The van der Waals surface area contributed by atoms with Gasteiger partial charge in [0.1, 0.15) is 18.2 Å². The van der Waals surface area contributed by atoms with Crippen molar-refractivity contribution in [2.45, 2.75) is 26.7 Å². The minimum absolute atomic E-state index is 0.0458. The molecule has 0 radical (unpaired) electrons. The molecule has 0 unspecified atom stereocenters. The lowest BCUT2D eigenvalue weighted by Crippen LogP contribution is -2.40. The number of hydrogen-bond acceptors (Lipinski definition) is 9. The summed E-state index contributed by atoms with van der Waals surface area (Å²) in [5.41, 5.74) is 15.9. The van der Waals surface area contributed by atoms with E-state index in [1.807, 2.05) is 36.2 Å². The molecule has 1 saturated heterocycles. The Morgan fingerprint density at radius 3 is 2.63 bits per heavy atom. The van der Waals surface area contributed by atoms with Crippen molar-refractivity contribution < 1.29 is 9.53 Å². The van der Waals surface area contributed by atoms with Gasteiger partial charge in [-0.1, -0.05) is 13.8 Å². The third kappa shape index (κ3) is 7.79. The van der Waals surface area contributed by atoms with Crippen LogP contribution in [0.1, 0.15) is 32.3 Å². The lowest BCUT2D eigenvalue weighted by molar-refractivity contribution is -0.136. The number of likely N-dealkylation sites (tertiary alicyclic amines) is 1. The Balaban J connectivity index is 1.67. The van der Waals surface area contributed by atoms with Gasteiger partial charge in [0.15, 0.2) is 0 Å². The lowest BCUT2D eigenvalue weighted by atomic mass is 9.97. The van der Waals surface area contributed by atoms with Gasteiger partial charge in [-0.15, -0.1) is 0 Å². The third-order valence-corrected chi connectivity index (χ3v) is 6.58. The molecule has 6 N–H and O–H groups in total. The van der Waals surface area contributed by atoms with Crippen molar-refractivity contribution in [1.29, 1.82) is 0 Å². The van der Waals surface area contributed by atoms with Crippen LogP contribution in [-0.2, 0) is 9.53 Å². The Bertz CT molecular complexity index is 1210. The molecule has 1 aliphatic rings. The molecule has 204 valence electrons. The number of nitrogens with two attached hydrogens (primary N) is 2. The zero-order chi connectivity index (χ0) is 27.5. The number of aromatic nitrogens is 2. The molecule has 10 nitrogen and oxygen atoms in total. The summed E-state index contributed by atoms with van der Waals surface area (Å²) < 4.78 is 4.95. The Labute approximate surface area is 224 Å². The summed E-state index contributed by atoms with van der Waals surface area (Å²) in [4.78, 5) is 27.8. The maximum Gasteiger partial charge on any atom is 0.248 e. The highest BCUT2D eigenvalue weighted by molar-refractivity contribution is 6.10. The van der Waals surface area contributed by atoms with Gasteiger partial charge in [0.25, 0.3) is 0 Å². The van der Waals surface area contributed by atoms with Crippen molar-refractivity contribution in [3.8, 4) is 0 Å². The van der Waals surface area contributed by atoms with E-state index in [1.165, 1.54) is 6.20 Å². The van der Waals surface area contributed by atoms with E-state index >= 15 is 0 Å². The van der Waals surface area contributed by atoms with Crippen molar-refractivity contribution in [2.75, 3.05) is 45.7 Å². The van der Waals surface area contributed by atoms with Crippen molar-refractivity contribution in [2.24, 2.45) is 28.3 Å². The van der Waals surface area contributed by atoms with E-state index in [0.717, 1.165) is 59.5 Å². The molecule has 3 rings (SSSR count). The lowest BCUT2D eigenvalue weighted by Gasteiger charge is -2.31. The first-order valence-corrected chi connectivity index (χ1v) is 12.9. The quantitative estimate of drug-likeness (QED) is 0.262. The van der Waals surface area contributed by atoms with E-state index < -0.39 is 0 Å². The summed E-state index contributed by atoms with van der Waals surface area (Å²) in [6.07, 6.45) is 10.5. The second-order valence-corrected chi connectivity index (χ2v) is 9.59. The number of methoxy groups -OCH3 is 1. The highest BCUT2D eigenvalue weighted by Gasteiger charge is 2.22. The molecule has 1 fully saturated rings. The number of carbonyl (C=O) groups is 1. The molecule has 0 bridgehead atoms. The number of fused-ring (bicyclic) bond motifs is 1. The summed E-state index contributed by atoms with van der Waals surface area (Å²) in [6, 6.07) is 5.77. The first kappa shape index (κ1) is 28.6. The van der Waals surface area contributed by atoms with Gasteiger partial charge in [0, 0.05) is 63.5 Å². The number of nitrogens with one attached hydrogen (secondary N) is 2. The van der Waals surface area contributed by atoms with Gasteiger partial charge in [-0.3, -0.25) is 14.8 Å². The van der Waals surface area contributed by atoms with Crippen LogP contribution in [0, 0.1) is 11.8 Å². The normalized spacial score (nSPS) is 16.0. The summed E-state index contributed by atoms with van der Waals surface area (Å²) in [5.74, 6) is 2.24. The molecule has 0 atom stereocenters. The minimum Gasteiger partial charge on any atom is -0.404 e. The van der Waals surface area contributed by atoms with Crippen molar-refractivity contribution in [1.82, 2.24) is 20.2 Å². The third-order valence-electron chi connectivity index (χ3n) is 6.58. The SMILES string of the molecule is CN/C(=C\C(=C/N)C(C)C)Nc1ccc2ncc(C(C=NCC3CCN(C(=O)COC)CC3)=CN)cc2n1. The minimum atomic E-state index is 0.0458. The fourth-order valence-corrected chi connectivity index (χ4v) is 4.21. The number of amides is 1. The topological polar surface area (TPSA) is 144 Å². The zero-order valence-corrected chi connectivity index (χ0v) is 22.8. The molecule has 1 amide bonds. The summed E-state index contributed by atoms with van der Waals surface area (Å²) in [5, 5.41) is 6.46. The Morgan fingerprint density at radius 1 is 1.24 bits per heavy atom. The molecule has 3 heterocycles. The van der Waals surface area contributed by atoms with Crippen molar-refractivity contribution >= 4 is 34.5 Å². The predicted molar refractivity (Wildman–Crippen MR) is 154 cm³/mol.